The van der Waals surface area contributed by atoms with Crippen LogP contribution in [0, 0.1) is 0 Å². The maximum Gasteiger partial charge on any atom is 0.434 e. The Bertz CT molecular complexity index is 974. The van der Waals surface area contributed by atoms with Gasteiger partial charge >= 0.3 is 12.4 Å². The van der Waals surface area contributed by atoms with Gasteiger partial charge in [-0.3, -0.25) is 9.69 Å². The Morgan fingerprint density at radius 2 is 1.62 bits per heavy atom. The molecule has 3 rings (SSSR count). The topological polar surface area (TPSA) is 41.4 Å². The highest BCUT2D eigenvalue weighted by Crippen LogP contribution is 2.36. The monoisotopic (exact) mass is 462 g/mol. The highest BCUT2D eigenvalue weighted by Gasteiger charge is 2.42. The third kappa shape index (κ3) is 5.08. The molecule has 0 atom stereocenters. The van der Waals surface area contributed by atoms with Gasteiger partial charge in [-0.25, -0.2) is 4.68 Å². The van der Waals surface area contributed by atoms with E-state index < -0.39 is 40.8 Å². The van der Waals surface area contributed by atoms with Gasteiger partial charge in [-0.1, -0.05) is 6.07 Å². The van der Waals surface area contributed by atoms with Crippen molar-refractivity contribution in [3.8, 4) is 5.69 Å². The first-order valence-electron chi connectivity index (χ1n) is 10.1. The number of hydrogen-bond acceptors (Lipinski definition) is 3. The second-order valence-electron chi connectivity index (χ2n) is 8.67. The van der Waals surface area contributed by atoms with Gasteiger partial charge in [0.25, 0.3) is 5.91 Å². The first-order valence-corrected chi connectivity index (χ1v) is 10.1. The molecule has 1 aromatic heterocycles. The molecular weight excluding hydrogens is 438 g/mol. The number of benzene rings is 1. The fourth-order valence-electron chi connectivity index (χ4n) is 3.75. The first-order chi connectivity index (χ1) is 14.7. The number of halogens is 6. The van der Waals surface area contributed by atoms with E-state index in [1.54, 1.807) is 0 Å². The molecule has 5 nitrogen and oxygen atoms in total. The van der Waals surface area contributed by atoms with Crippen LogP contribution in [0.25, 0.3) is 5.69 Å². The molecule has 0 unspecified atom stereocenters. The molecule has 11 heteroatoms. The molecule has 0 bridgehead atoms. The second kappa shape index (κ2) is 8.42. The zero-order valence-corrected chi connectivity index (χ0v) is 17.9. The minimum Gasteiger partial charge on any atom is -0.337 e. The maximum atomic E-state index is 13.9. The van der Waals surface area contributed by atoms with E-state index in [0.29, 0.717) is 30.3 Å². The number of aromatic nitrogens is 2. The van der Waals surface area contributed by atoms with E-state index in [1.807, 2.05) is 20.8 Å². The highest BCUT2D eigenvalue weighted by atomic mass is 19.4. The van der Waals surface area contributed by atoms with Gasteiger partial charge in [0.1, 0.15) is 0 Å². The summed E-state index contributed by atoms with van der Waals surface area (Å²) < 4.78 is 81.2. The lowest BCUT2D eigenvalue weighted by atomic mass is 10.1. The van der Waals surface area contributed by atoms with Gasteiger partial charge < -0.3 is 4.90 Å². The number of amides is 1. The Labute approximate surface area is 181 Å². The molecule has 176 valence electrons. The van der Waals surface area contributed by atoms with Gasteiger partial charge in [-0.05, 0) is 45.4 Å². The van der Waals surface area contributed by atoms with Crippen LogP contribution in [0.3, 0.4) is 0 Å². The van der Waals surface area contributed by atoms with Crippen molar-refractivity contribution < 1.29 is 31.1 Å². The van der Waals surface area contributed by atoms with Crippen molar-refractivity contribution in [2.24, 2.45) is 0 Å². The summed E-state index contributed by atoms with van der Waals surface area (Å²) >= 11 is 0. The fourth-order valence-corrected chi connectivity index (χ4v) is 3.75. The van der Waals surface area contributed by atoms with Crippen LogP contribution in [0.1, 0.15) is 48.8 Å². The quantitative estimate of drug-likeness (QED) is 0.599. The van der Waals surface area contributed by atoms with Crippen LogP contribution in [0.5, 0.6) is 0 Å². The summed E-state index contributed by atoms with van der Waals surface area (Å²) in [5.41, 5.74) is -3.76. The van der Waals surface area contributed by atoms with Crippen LogP contribution in [0.2, 0.25) is 0 Å². The van der Waals surface area contributed by atoms with Crippen molar-refractivity contribution in [2.45, 2.75) is 45.1 Å². The number of carbonyl (C=O) groups is 1. The summed E-state index contributed by atoms with van der Waals surface area (Å²) in [5, 5.41) is 3.64. The van der Waals surface area contributed by atoms with Crippen LogP contribution in [-0.4, -0.2) is 57.2 Å². The van der Waals surface area contributed by atoms with Gasteiger partial charge in [0, 0.05) is 31.7 Å². The molecule has 1 amide bonds. The smallest absolute Gasteiger partial charge is 0.337 e. The van der Waals surface area contributed by atoms with Gasteiger partial charge in [0.05, 0.1) is 23.0 Å². The van der Waals surface area contributed by atoms with E-state index in [4.69, 9.17) is 0 Å². The van der Waals surface area contributed by atoms with E-state index in [9.17, 15) is 31.1 Å². The van der Waals surface area contributed by atoms with Crippen molar-refractivity contribution >= 4 is 5.91 Å². The van der Waals surface area contributed by atoms with Crippen LogP contribution in [-0.2, 0) is 12.4 Å². The molecule has 1 fully saturated rings. The number of rotatable bonds is 2. The largest absolute Gasteiger partial charge is 0.434 e. The molecule has 1 aliphatic rings. The molecule has 1 aliphatic heterocycles. The maximum absolute atomic E-state index is 13.9. The summed E-state index contributed by atoms with van der Waals surface area (Å²) in [6, 6.07) is 3.41. The number of nitrogens with zero attached hydrogens (tertiary/aromatic N) is 4. The molecular formula is C21H24F6N4O. The van der Waals surface area contributed by atoms with Gasteiger partial charge in [-0.15, -0.1) is 0 Å². The van der Waals surface area contributed by atoms with Crippen molar-refractivity contribution in [1.29, 1.82) is 0 Å². The van der Waals surface area contributed by atoms with E-state index in [0.717, 1.165) is 24.4 Å². The van der Waals surface area contributed by atoms with Gasteiger partial charge in [-0.2, -0.15) is 31.4 Å². The molecule has 1 saturated heterocycles. The molecule has 1 aromatic carbocycles. The van der Waals surface area contributed by atoms with Crippen molar-refractivity contribution in [2.75, 3.05) is 26.2 Å². The average molecular weight is 462 g/mol. The Morgan fingerprint density at radius 3 is 2.22 bits per heavy atom. The van der Waals surface area contributed by atoms with Crippen LogP contribution in [0.15, 0.2) is 30.5 Å². The van der Waals surface area contributed by atoms with E-state index in [-0.39, 0.29) is 18.6 Å². The molecule has 2 heterocycles. The molecule has 2 aromatic rings. The molecule has 0 aliphatic carbocycles. The number of carbonyl (C=O) groups excluding carboxylic acids is 1. The molecule has 0 N–H and O–H groups in total. The average Bonchev–Trinajstić information content (AvgIpc) is 2.97. The van der Waals surface area contributed by atoms with Gasteiger partial charge in [0.15, 0.2) is 5.69 Å². The lowest BCUT2D eigenvalue weighted by molar-refractivity contribution is -0.143. The molecule has 0 spiro atoms. The SMILES string of the molecule is CC(C)(C)N1CCCN(C(=O)c2cnn(-c3cccc(C(F)(F)F)c3)c2C(F)(F)F)CC1. The third-order valence-electron chi connectivity index (χ3n) is 5.42. The van der Waals surface area contributed by atoms with Crippen LogP contribution < -0.4 is 0 Å². The van der Waals surface area contributed by atoms with Crippen molar-refractivity contribution in [3.63, 3.8) is 0 Å². The van der Waals surface area contributed by atoms with Crippen molar-refractivity contribution in [1.82, 2.24) is 19.6 Å². The number of alkyl halides is 6. The predicted molar refractivity (Wildman–Crippen MR) is 105 cm³/mol. The summed E-state index contributed by atoms with van der Waals surface area (Å²) in [4.78, 5) is 16.5. The lowest BCUT2D eigenvalue weighted by Crippen LogP contribution is -2.44. The van der Waals surface area contributed by atoms with Crippen molar-refractivity contribution in [3.05, 3.63) is 47.3 Å². The standard InChI is InChI=1S/C21H24F6N4O/c1-19(2,3)30-9-5-8-29(10-11-30)18(32)16-13-28-31(17(16)21(25,26)27)15-7-4-6-14(12-15)20(22,23)24/h4,6-7,12-13H,5,8-11H2,1-3H3. The van der Waals surface area contributed by atoms with E-state index >= 15 is 0 Å². The zero-order valence-electron chi connectivity index (χ0n) is 17.9. The van der Waals surface area contributed by atoms with E-state index in [1.165, 1.54) is 4.90 Å². The Kier molecular flexibility index (Phi) is 6.34. The minimum absolute atomic E-state index is 0.148. The molecule has 0 saturated carbocycles. The molecule has 32 heavy (non-hydrogen) atoms. The highest BCUT2D eigenvalue weighted by molar-refractivity contribution is 5.95. The van der Waals surface area contributed by atoms with E-state index in [2.05, 4.69) is 10.00 Å². The van der Waals surface area contributed by atoms with Gasteiger partial charge in [0.2, 0.25) is 0 Å². The Balaban J connectivity index is 1.97. The Hall–Kier alpha value is -2.56. The molecule has 0 radical (unpaired) electrons. The first kappa shape index (κ1) is 24.1. The summed E-state index contributed by atoms with van der Waals surface area (Å²) in [7, 11) is 0. The lowest BCUT2D eigenvalue weighted by Gasteiger charge is -2.34. The normalized spacial score (nSPS) is 16.8. The summed E-state index contributed by atoms with van der Waals surface area (Å²) in [6.45, 7) is 7.77. The minimum atomic E-state index is -5.00. The predicted octanol–water partition coefficient (Wildman–Crippen LogP) is 4.86. The summed E-state index contributed by atoms with van der Waals surface area (Å²) in [5.74, 6) is -0.841. The summed E-state index contributed by atoms with van der Waals surface area (Å²) in [6.07, 6.45) is -8.37. The zero-order chi connectivity index (χ0) is 23.9. The van der Waals surface area contributed by atoms with Crippen LogP contribution in [0.4, 0.5) is 26.3 Å². The fraction of sp³-hybridized carbons (Fsp3) is 0.524. The Morgan fingerprint density at radius 1 is 0.938 bits per heavy atom. The second-order valence-corrected chi connectivity index (χ2v) is 8.67. The third-order valence-corrected chi connectivity index (χ3v) is 5.42. The number of hydrogen-bond donors (Lipinski definition) is 0. The van der Waals surface area contributed by atoms with Crippen LogP contribution >= 0.6 is 0 Å².